The Balaban J connectivity index is 1.36. The van der Waals surface area contributed by atoms with Gasteiger partial charge < -0.3 is 24.3 Å². The molecule has 1 fully saturated rings. The van der Waals surface area contributed by atoms with Crippen molar-refractivity contribution in [2.45, 2.75) is 50.7 Å². The highest BCUT2D eigenvalue weighted by Gasteiger charge is 2.35. The van der Waals surface area contributed by atoms with Crippen LogP contribution in [0, 0.1) is 5.82 Å². The highest BCUT2D eigenvalue weighted by atomic mass is 19.1. The summed E-state index contributed by atoms with van der Waals surface area (Å²) in [6, 6.07) is 14.7. The van der Waals surface area contributed by atoms with E-state index in [1.54, 1.807) is 43.5 Å². The van der Waals surface area contributed by atoms with Gasteiger partial charge >= 0.3 is 0 Å². The van der Waals surface area contributed by atoms with Crippen molar-refractivity contribution in [1.82, 2.24) is 25.5 Å². The molecular weight excluding hydrogens is 595 g/mol. The molecule has 1 aliphatic heterocycles. The summed E-state index contributed by atoms with van der Waals surface area (Å²) in [4.78, 5) is 31.0. The number of fused-ring (bicyclic) bond motifs is 1. The van der Waals surface area contributed by atoms with Crippen molar-refractivity contribution in [3.8, 4) is 34.4 Å². The van der Waals surface area contributed by atoms with Gasteiger partial charge in [0.15, 0.2) is 23.0 Å². The maximum atomic E-state index is 14.3. The predicted octanol–water partition coefficient (Wildman–Crippen LogP) is 4.49. The lowest BCUT2D eigenvalue weighted by molar-refractivity contribution is -0.127. The first-order valence-electron chi connectivity index (χ1n) is 15.2. The van der Waals surface area contributed by atoms with Crippen molar-refractivity contribution < 1.29 is 32.9 Å². The number of benzene rings is 3. The van der Waals surface area contributed by atoms with Crippen molar-refractivity contribution in [3.63, 3.8) is 0 Å². The number of hydrogen-bond acceptors (Lipinski definition) is 9. The lowest BCUT2D eigenvalue weighted by Crippen LogP contribution is -2.48. The van der Waals surface area contributed by atoms with Gasteiger partial charge in [0.1, 0.15) is 31.6 Å². The summed E-state index contributed by atoms with van der Waals surface area (Å²) >= 11 is 0. The van der Waals surface area contributed by atoms with Crippen LogP contribution in [0.5, 0.6) is 23.0 Å². The summed E-state index contributed by atoms with van der Waals surface area (Å²) in [5.41, 5.74) is 1.44. The SMILES string of the molecule is COc1ccc(-c2nnn(CC(=O)N(c3ccc4c(c3)OCCO4)[C@@H](C(=O)NC3CCCCC3)c3ccc(F)cc3)n2)cc1OC. The average Bonchev–Trinajstić information content (AvgIpc) is 3.55. The number of halogens is 1. The molecule has 2 heterocycles. The number of carbonyl (C=O) groups is 2. The molecular formula is C33H35FN6O6. The molecule has 0 saturated heterocycles. The van der Waals surface area contributed by atoms with Crippen LogP contribution >= 0.6 is 0 Å². The van der Waals surface area contributed by atoms with Crippen molar-refractivity contribution in [3.05, 3.63) is 72.0 Å². The van der Waals surface area contributed by atoms with Gasteiger partial charge in [0.05, 0.1) is 14.2 Å². The third-order valence-electron chi connectivity index (χ3n) is 8.09. The fourth-order valence-corrected chi connectivity index (χ4v) is 5.81. The molecule has 4 aromatic rings. The third kappa shape index (κ3) is 6.72. The van der Waals surface area contributed by atoms with E-state index in [-0.39, 0.29) is 24.3 Å². The van der Waals surface area contributed by atoms with Crippen molar-refractivity contribution >= 4 is 17.5 Å². The van der Waals surface area contributed by atoms with Crippen molar-refractivity contribution in [1.29, 1.82) is 0 Å². The van der Waals surface area contributed by atoms with Crippen LogP contribution < -0.4 is 29.2 Å². The van der Waals surface area contributed by atoms with Crippen LogP contribution in [0.25, 0.3) is 11.4 Å². The Morgan fingerprint density at radius 2 is 1.70 bits per heavy atom. The topological polar surface area (TPSA) is 130 Å². The van der Waals surface area contributed by atoms with Gasteiger partial charge in [0, 0.05) is 23.4 Å². The minimum Gasteiger partial charge on any atom is -0.493 e. The molecule has 240 valence electrons. The second-order valence-electron chi connectivity index (χ2n) is 11.1. The van der Waals surface area contributed by atoms with Crippen LogP contribution in [0.3, 0.4) is 0 Å². The summed E-state index contributed by atoms with van der Waals surface area (Å²) in [5.74, 6) is 0.948. The van der Waals surface area contributed by atoms with E-state index in [4.69, 9.17) is 18.9 Å². The molecule has 0 unspecified atom stereocenters. The maximum Gasteiger partial charge on any atom is 0.251 e. The second-order valence-corrected chi connectivity index (χ2v) is 11.1. The Morgan fingerprint density at radius 1 is 0.957 bits per heavy atom. The normalized spacial score (nSPS) is 15.1. The fourth-order valence-electron chi connectivity index (χ4n) is 5.81. The summed E-state index contributed by atoms with van der Waals surface area (Å²) in [6.07, 6.45) is 4.84. The Kier molecular flexibility index (Phi) is 9.27. The van der Waals surface area contributed by atoms with Gasteiger partial charge in [-0.15, -0.1) is 10.2 Å². The molecule has 1 aliphatic carbocycles. The second kappa shape index (κ2) is 13.8. The van der Waals surface area contributed by atoms with Gasteiger partial charge in [-0.2, -0.15) is 4.80 Å². The van der Waals surface area contributed by atoms with Gasteiger partial charge in [-0.1, -0.05) is 31.4 Å². The zero-order valence-corrected chi connectivity index (χ0v) is 25.6. The highest BCUT2D eigenvalue weighted by Crippen LogP contribution is 2.38. The van der Waals surface area contributed by atoms with Gasteiger partial charge in [0.2, 0.25) is 11.7 Å². The van der Waals surface area contributed by atoms with Crippen LogP contribution in [0.4, 0.5) is 10.1 Å². The number of aromatic nitrogens is 4. The smallest absolute Gasteiger partial charge is 0.251 e. The number of nitrogens with one attached hydrogen (secondary N) is 1. The molecule has 1 aromatic heterocycles. The maximum absolute atomic E-state index is 14.3. The monoisotopic (exact) mass is 630 g/mol. The quantitative estimate of drug-likeness (QED) is 0.269. The lowest BCUT2D eigenvalue weighted by atomic mass is 9.94. The van der Waals surface area contributed by atoms with Crippen molar-refractivity contribution in [2.75, 3.05) is 32.3 Å². The summed E-state index contributed by atoms with van der Waals surface area (Å²) in [7, 11) is 3.07. The minimum atomic E-state index is -1.13. The molecule has 2 aliphatic rings. The van der Waals surface area contributed by atoms with Crippen LogP contribution in [-0.2, 0) is 16.1 Å². The number of ether oxygens (including phenoxy) is 4. The number of tetrazole rings is 1. The molecule has 3 aromatic carbocycles. The molecule has 0 bridgehead atoms. The van der Waals surface area contributed by atoms with E-state index in [2.05, 4.69) is 20.7 Å². The number of methoxy groups -OCH3 is 2. The molecule has 2 amide bonds. The number of nitrogens with zero attached hydrogens (tertiary/aromatic N) is 5. The Bertz CT molecular complexity index is 1690. The summed E-state index contributed by atoms with van der Waals surface area (Å²) in [6.45, 7) is 0.399. The largest absolute Gasteiger partial charge is 0.493 e. The number of hydrogen-bond donors (Lipinski definition) is 1. The highest BCUT2D eigenvalue weighted by molar-refractivity contribution is 6.01. The van der Waals surface area contributed by atoms with E-state index < -0.39 is 17.8 Å². The van der Waals surface area contributed by atoms with E-state index in [9.17, 15) is 14.0 Å². The molecule has 13 heteroatoms. The van der Waals surface area contributed by atoms with Gasteiger partial charge in [-0.25, -0.2) is 4.39 Å². The lowest BCUT2D eigenvalue weighted by Gasteiger charge is -2.34. The van der Waals surface area contributed by atoms with Gasteiger partial charge in [0.25, 0.3) is 5.91 Å². The van der Waals surface area contributed by atoms with Crippen LogP contribution in [-0.4, -0.2) is 65.5 Å². The zero-order valence-electron chi connectivity index (χ0n) is 25.6. The predicted molar refractivity (Wildman–Crippen MR) is 165 cm³/mol. The molecule has 1 saturated carbocycles. The zero-order chi connectivity index (χ0) is 32.0. The molecule has 1 atom stereocenters. The Hall–Kier alpha value is -5.20. The van der Waals surface area contributed by atoms with E-state index in [1.807, 2.05) is 0 Å². The van der Waals surface area contributed by atoms with Gasteiger partial charge in [-0.3, -0.25) is 14.5 Å². The van der Waals surface area contributed by atoms with Crippen molar-refractivity contribution in [2.24, 2.45) is 0 Å². The molecule has 1 N–H and O–H groups in total. The Labute approximate surface area is 265 Å². The number of carbonyl (C=O) groups excluding carboxylic acids is 2. The van der Waals surface area contributed by atoms with E-state index in [0.29, 0.717) is 53.0 Å². The van der Waals surface area contributed by atoms with E-state index >= 15 is 0 Å². The van der Waals surface area contributed by atoms with Crippen LogP contribution in [0.2, 0.25) is 0 Å². The molecule has 46 heavy (non-hydrogen) atoms. The van der Waals surface area contributed by atoms with Crippen LogP contribution in [0.1, 0.15) is 43.7 Å². The fraction of sp³-hybridized carbons (Fsp3) is 0.364. The summed E-state index contributed by atoms with van der Waals surface area (Å²) in [5, 5.41) is 15.9. The Morgan fingerprint density at radius 3 is 2.43 bits per heavy atom. The number of amides is 2. The molecule has 12 nitrogen and oxygen atoms in total. The third-order valence-corrected chi connectivity index (χ3v) is 8.09. The average molecular weight is 631 g/mol. The number of rotatable bonds is 10. The van der Waals surface area contributed by atoms with Crippen LogP contribution in [0.15, 0.2) is 60.7 Å². The molecule has 0 radical (unpaired) electrons. The van der Waals surface area contributed by atoms with E-state index in [1.165, 1.54) is 41.1 Å². The minimum absolute atomic E-state index is 0.0255. The van der Waals surface area contributed by atoms with E-state index in [0.717, 1.165) is 32.1 Å². The summed E-state index contributed by atoms with van der Waals surface area (Å²) < 4.78 is 36.3. The first kappa shape index (κ1) is 30.8. The molecule has 6 rings (SSSR count). The first-order valence-corrected chi connectivity index (χ1v) is 15.2. The number of anilines is 1. The standard InChI is InChI=1S/C33H35FN6O6/c1-43-26-14-10-22(18-28(26)44-2)32-36-38-39(37-32)20-30(41)40(25-13-15-27-29(19-25)46-17-16-45-27)31(21-8-11-23(34)12-9-21)33(42)35-24-6-4-3-5-7-24/h8-15,18-19,24,31H,3-7,16-17,20H2,1-2H3,(H,35,42)/t31-/m1/s1. The molecule has 0 spiro atoms. The van der Waals surface area contributed by atoms with Gasteiger partial charge in [-0.05, 0) is 66.1 Å². The first-order chi connectivity index (χ1) is 22.4.